The summed E-state index contributed by atoms with van der Waals surface area (Å²) in [6, 6.07) is 10.5. The molecule has 0 radical (unpaired) electrons. The number of benzene rings is 1. The highest BCUT2D eigenvalue weighted by Crippen LogP contribution is 2.65. The van der Waals surface area contributed by atoms with Crippen molar-refractivity contribution < 1.29 is 14.2 Å². The van der Waals surface area contributed by atoms with Gasteiger partial charge in [-0.25, -0.2) is 0 Å². The van der Waals surface area contributed by atoms with Crippen LogP contribution < -0.4 is 0 Å². The van der Waals surface area contributed by atoms with E-state index in [1.165, 1.54) is 30.4 Å². The molecule has 4 aliphatic carbocycles. The van der Waals surface area contributed by atoms with Gasteiger partial charge in [-0.15, -0.1) is 0 Å². The van der Waals surface area contributed by atoms with Crippen LogP contribution in [0.25, 0.3) is 0 Å². The zero-order valence-electron chi connectivity index (χ0n) is 20.2. The van der Waals surface area contributed by atoms with Gasteiger partial charge in [-0.2, -0.15) is 0 Å². The predicted octanol–water partition coefficient (Wildman–Crippen LogP) is 6.61. The van der Waals surface area contributed by atoms with Crippen LogP contribution in [0.15, 0.2) is 65.8 Å². The Labute approximate surface area is 198 Å². The standard InChI is InChI=1S/C30H38O3/c1-28-13-14-29(2)19-23-9-6-10-25(23)24(21-31-20-22-7-4-3-5-8-22)11-12-26(29)27(28)30(16-15-28)32-17-18-33-30/h3-5,7-8,10-11,13-14,23,26-27H,6,9,12,15-21H2,1-2H3/b24-11-/t23?,26-,27-,28-,29+/m1/s1. The first-order valence-corrected chi connectivity index (χ1v) is 13.0. The summed E-state index contributed by atoms with van der Waals surface area (Å²) >= 11 is 0. The Kier molecular flexibility index (Phi) is 5.44. The van der Waals surface area contributed by atoms with E-state index in [0.29, 0.717) is 31.0 Å². The average Bonchev–Trinajstić information content (AvgIpc) is 3.53. The molecule has 5 aliphatic rings. The van der Waals surface area contributed by atoms with Gasteiger partial charge in [0.25, 0.3) is 0 Å². The summed E-state index contributed by atoms with van der Waals surface area (Å²) < 4.78 is 19.1. The lowest BCUT2D eigenvalue weighted by atomic mass is 9.53. The minimum atomic E-state index is -0.378. The summed E-state index contributed by atoms with van der Waals surface area (Å²) in [7, 11) is 0. The first-order chi connectivity index (χ1) is 16.0. The van der Waals surface area contributed by atoms with Crippen LogP contribution in [0.3, 0.4) is 0 Å². The fourth-order valence-electron chi connectivity index (χ4n) is 7.80. The molecule has 1 saturated heterocycles. The molecule has 6 rings (SSSR count). The van der Waals surface area contributed by atoms with E-state index in [9.17, 15) is 0 Å². The van der Waals surface area contributed by atoms with E-state index in [4.69, 9.17) is 14.2 Å². The topological polar surface area (TPSA) is 27.7 Å². The molecule has 5 atom stereocenters. The van der Waals surface area contributed by atoms with Gasteiger partial charge in [0.2, 0.25) is 0 Å². The monoisotopic (exact) mass is 446 g/mol. The molecule has 1 unspecified atom stereocenters. The van der Waals surface area contributed by atoms with Gasteiger partial charge in [0.15, 0.2) is 5.79 Å². The molecule has 1 saturated carbocycles. The van der Waals surface area contributed by atoms with Crippen molar-refractivity contribution in [3.8, 4) is 0 Å². The fraction of sp³-hybridized carbons (Fsp3) is 0.600. The van der Waals surface area contributed by atoms with Crippen LogP contribution in [0.5, 0.6) is 0 Å². The molecule has 3 heteroatoms. The molecule has 1 aliphatic heterocycles. The van der Waals surface area contributed by atoms with Crippen molar-refractivity contribution in [3.63, 3.8) is 0 Å². The Balaban J connectivity index is 1.30. The largest absolute Gasteiger partial charge is 0.372 e. The predicted molar refractivity (Wildman–Crippen MR) is 130 cm³/mol. The Hall–Kier alpha value is -1.68. The second-order valence-electron chi connectivity index (χ2n) is 11.5. The lowest BCUT2D eigenvalue weighted by Crippen LogP contribution is -2.51. The van der Waals surface area contributed by atoms with Gasteiger partial charge in [0, 0.05) is 12.3 Å². The third kappa shape index (κ3) is 3.68. The summed E-state index contributed by atoms with van der Waals surface area (Å²) in [6.07, 6.45) is 17.1. The van der Waals surface area contributed by atoms with E-state index in [1.807, 2.05) is 0 Å². The molecule has 1 heterocycles. The van der Waals surface area contributed by atoms with Gasteiger partial charge in [0.05, 0.1) is 26.4 Å². The SMILES string of the molecule is C[C@@]12C=C[C@]3(C)CCC4(OCCO4)[C@@H]3[C@H]1C/C=C(/COCc1ccccc1)C1=CCCC1C2. The molecule has 0 N–H and O–H groups in total. The molecule has 1 spiro atoms. The highest BCUT2D eigenvalue weighted by Gasteiger charge is 2.64. The Morgan fingerprint density at radius 3 is 2.55 bits per heavy atom. The smallest absolute Gasteiger partial charge is 0.172 e. The molecule has 1 aromatic rings. The number of hydrogen-bond acceptors (Lipinski definition) is 3. The van der Waals surface area contributed by atoms with Crippen molar-refractivity contribution in [1.82, 2.24) is 0 Å². The van der Waals surface area contributed by atoms with Crippen molar-refractivity contribution >= 4 is 0 Å². The molecule has 0 aromatic heterocycles. The third-order valence-corrected chi connectivity index (χ3v) is 9.43. The number of ether oxygens (including phenoxy) is 3. The highest BCUT2D eigenvalue weighted by atomic mass is 16.7. The summed E-state index contributed by atoms with van der Waals surface area (Å²) in [4.78, 5) is 0. The maximum atomic E-state index is 6.42. The molecule has 2 fully saturated rings. The molecular weight excluding hydrogens is 408 g/mol. The molecule has 33 heavy (non-hydrogen) atoms. The van der Waals surface area contributed by atoms with Gasteiger partial charge in [-0.3, -0.25) is 0 Å². The second-order valence-corrected chi connectivity index (χ2v) is 11.5. The fourth-order valence-corrected chi connectivity index (χ4v) is 7.80. The number of rotatable bonds is 4. The summed E-state index contributed by atoms with van der Waals surface area (Å²) in [5, 5.41) is 0. The normalized spacial score (nSPS) is 40.4. The van der Waals surface area contributed by atoms with Crippen LogP contribution in [-0.4, -0.2) is 25.6 Å². The molecule has 1 aromatic carbocycles. The quantitative estimate of drug-likeness (QED) is 0.487. The third-order valence-electron chi connectivity index (χ3n) is 9.43. The Morgan fingerprint density at radius 1 is 0.939 bits per heavy atom. The number of fused-ring (bicyclic) bond motifs is 5. The number of hydrogen-bond donors (Lipinski definition) is 0. The lowest BCUT2D eigenvalue weighted by Gasteiger charge is -2.53. The summed E-state index contributed by atoms with van der Waals surface area (Å²) in [5.41, 5.74) is 4.56. The van der Waals surface area contributed by atoms with E-state index in [2.05, 4.69) is 68.5 Å². The minimum absolute atomic E-state index is 0.167. The Morgan fingerprint density at radius 2 is 1.73 bits per heavy atom. The molecule has 0 bridgehead atoms. The van der Waals surface area contributed by atoms with E-state index in [-0.39, 0.29) is 16.6 Å². The van der Waals surface area contributed by atoms with Crippen LogP contribution >= 0.6 is 0 Å². The molecule has 176 valence electrons. The zero-order chi connectivity index (χ0) is 22.5. The van der Waals surface area contributed by atoms with Gasteiger partial charge in [-0.1, -0.05) is 68.5 Å². The van der Waals surface area contributed by atoms with Crippen LogP contribution in [0.4, 0.5) is 0 Å². The van der Waals surface area contributed by atoms with Crippen molar-refractivity contribution in [3.05, 3.63) is 71.3 Å². The van der Waals surface area contributed by atoms with Crippen molar-refractivity contribution in [1.29, 1.82) is 0 Å². The first-order valence-electron chi connectivity index (χ1n) is 13.0. The highest BCUT2D eigenvalue weighted by molar-refractivity contribution is 5.39. The average molecular weight is 447 g/mol. The minimum Gasteiger partial charge on any atom is -0.372 e. The van der Waals surface area contributed by atoms with E-state index in [0.717, 1.165) is 32.5 Å². The second kappa shape index (κ2) is 8.22. The zero-order valence-corrected chi connectivity index (χ0v) is 20.2. The van der Waals surface area contributed by atoms with E-state index >= 15 is 0 Å². The Bertz CT molecular complexity index is 970. The molecule has 0 amide bonds. The molecule has 3 nitrogen and oxygen atoms in total. The molecular formula is C30H38O3. The van der Waals surface area contributed by atoms with Gasteiger partial charge >= 0.3 is 0 Å². The summed E-state index contributed by atoms with van der Waals surface area (Å²) in [6.45, 7) is 7.81. The maximum Gasteiger partial charge on any atom is 0.172 e. The lowest BCUT2D eigenvalue weighted by molar-refractivity contribution is -0.213. The first kappa shape index (κ1) is 21.8. The van der Waals surface area contributed by atoms with Crippen LogP contribution in [-0.2, 0) is 20.8 Å². The van der Waals surface area contributed by atoms with Gasteiger partial charge in [0.1, 0.15) is 0 Å². The number of allylic oxidation sites excluding steroid dienone is 4. The van der Waals surface area contributed by atoms with Crippen molar-refractivity contribution in [2.75, 3.05) is 19.8 Å². The van der Waals surface area contributed by atoms with E-state index < -0.39 is 0 Å². The van der Waals surface area contributed by atoms with E-state index in [1.54, 1.807) is 5.57 Å². The maximum absolute atomic E-state index is 6.42. The van der Waals surface area contributed by atoms with Crippen LogP contribution in [0.1, 0.15) is 57.9 Å². The van der Waals surface area contributed by atoms with Crippen molar-refractivity contribution in [2.45, 2.75) is 64.8 Å². The van der Waals surface area contributed by atoms with Gasteiger partial charge < -0.3 is 14.2 Å². The van der Waals surface area contributed by atoms with Crippen molar-refractivity contribution in [2.24, 2.45) is 28.6 Å². The van der Waals surface area contributed by atoms with Crippen LogP contribution in [0, 0.1) is 28.6 Å². The van der Waals surface area contributed by atoms with Crippen LogP contribution in [0.2, 0.25) is 0 Å². The van der Waals surface area contributed by atoms with Gasteiger partial charge in [-0.05, 0) is 71.5 Å². The summed E-state index contributed by atoms with van der Waals surface area (Å²) in [5.74, 6) is 1.19.